The fourth-order valence-electron chi connectivity index (χ4n) is 5.99. The molecule has 0 aliphatic rings. The average molecular weight is 767 g/mol. The first-order valence-electron chi connectivity index (χ1n) is 17.9. The highest BCUT2D eigenvalue weighted by atomic mass is 16.6. The van der Waals surface area contributed by atoms with Crippen molar-refractivity contribution in [3.63, 3.8) is 0 Å². The molecular weight excluding hydrogens is 716 g/mol. The molecule has 0 aliphatic heterocycles. The summed E-state index contributed by atoms with van der Waals surface area (Å²) in [7, 11) is 6.42. The number of carbonyl (C=O) groups is 2. The molecule has 3 aromatic heterocycles. The maximum Gasteiger partial charge on any atom is 0.424 e. The SMILES string of the molecule is COc1ccc(CN(Cc2ccc(OC)cc2OC)c2nc(-c3cncc(N(C(=O)OC(C)(C)C)C(=O)OC(C)(C)C)c3C)cc3cc(N)ncc23)c(OC)c1. The maximum atomic E-state index is 13.7. The molecule has 0 fully saturated rings. The number of fused-ring (bicyclic) bond motifs is 1. The highest BCUT2D eigenvalue weighted by molar-refractivity contribution is 6.10. The van der Waals surface area contributed by atoms with Crippen LogP contribution in [0.2, 0.25) is 0 Å². The fourth-order valence-corrected chi connectivity index (χ4v) is 5.99. The molecule has 0 unspecified atom stereocenters. The summed E-state index contributed by atoms with van der Waals surface area (Å²) in [6.07, 6.45) is 2.93. The van der Waals surface area contributed by atoms with Crippen molar-refractivity contribution in [2.75, 3.05) is 44.0 Å². The molecule has 0 saturated carbocycles. The highest BCUT2D eigenvalue weighted by Gasteiger charge is 2.34. The Kier molecular flexibility index (Phi) is 12.1. The van der Waals surface area contributed by atoms with E-state index in [1.54, 1.807) is 95.4 Å². The number of hydrogen-bond donors (Lipinski definition) is 1. The van der Waals surface area contributed by atoms with E-state index in [0.717, 1.165) is 21.4 Å². The molecule has 14 heteroatoms. The smallest absolute Gasteiger partial charge is 0.424 e. The number of aromatic nitrogens is 3. The third-order valence-electron chi connectivity index (χ3n) is 8.58. The Morgan fingerprint density at radius 1 is 0.714 bits per heavy atom. The minimum Gasteiger partial charge on any atom is -0.497 e. The summed E-state index contributed by atoms with van der Waals surface area (Å²) < 4.78 is 33.9. The fraction of sp³-hybridized carbons (Fsp3) is 0.357. The number of pyridine rings is 3. The Morgan fingerprint density at radius 3 is 1.73 bits per heavy atom. The number of benzene rings is 2. The van der Waals surface area contributed by atoms with Gasteiger partial charge in [0.15, 0.2) is 0 Å². The van der Waals surface area contributed by atoms with E-state index >= 15 is 0 Å². The second-order valence-corrected chi connectivity index (χ2v) is 15.0. The molecule has 296 valence electrons. The molecule has 14 nitrogen and oxygen atoms in total. The maximum absolute atomic E-state index is 13.7. The van der Waals surface area contributed by atoms with E-state index in [2.05, 4.69) is 14.9 Å². The van der Waals surface area contributed by atoms with Gasteiger partial charge in [-0.15, -0.1) is 0 Å². The van der Waals surface area contributed by atoms with E-state index in [1.165, 1.54) is 6.20 Å². The number of anilines is 3. The number of ether oxygens (including phenoxy) is 6. The van der Waals surface area contributed by atoms with Crippen molar-refractivity contribution >= 4 is 40.3 Å². The molecular formula is C42H50N6O8. The first-order chi connectivity index (χ1) is 26.4. The van der Waals surface area contributed by atoms with Gasteiger partial charge in [0.2, 0.25) is 0 Å². The zero-order valence-electron chi connectivity index (χ0n) is 33.8. The van der Waals surface area contributed by atoms with Gasteiger partial charge in [0.1, 0.15) is 45.8 Å². The summed E-state index contributed by atoms with van der Waals surface area (Å²) in [5, 5.41) is 1.46. The van der Waals surface area contributed by atoms with Crippen LogP contribution in [0.1, 0.15) is 58.2 Å². The lowest BCUT2D eigenvalue weighted by Crippen LogP contribution is -2.44. The van der Waals surface area contributed by atoms with Crippen LogP contribution in [-0.4, -0.2) is 66.8 Å². The summed E-state index contributed by atoms with van der Waals surface area (Å²) in [5.74, 6) is 3.40. The second-order valence-electron chi connectivity index (χ2n) is 15.0. The van der Waals surface area contributed by atoms with Crippen molar-refractivity contribution in [2.45, 2.75) is 72.8 Å². The largest absolute Gasteiger partial charge is 0.497 e. The minimum atomic E-state index is -0.909. The van der Waals surface area contributed by atoms with Crippen molar-refractivity contribution in [3.8, 4) is 34.3 Å². The lowest BCUT2D eigenvalue weighted by Gasteiger charge is -2.29. The zero-order valence-corrected chi connectivity index (χ0v) is 33.8. The van der Waals surface area contributed by atoms with Gasteiger partial charge in [-0.1, -0.05) is 0 Å². The van der Waals surface area contributed by atoms with Gasteiger partial charge >= 0.3 is 12.2 Å². The molecule has 2 amide bonds. The van der Waals surface area contributed by atoms with Gasteiger partial charge in [-0.2, -0.15) is 4.90 Å². The average Bonchev–Trinajstić information content (AvgIpc) is 3.13. The molecule has 0 bridgehead atoms. The van der Waals surface area contributed by atoms with Crippen molar-refractivity contribution in [1.29, 1.82) is 0 Å². The molecule has 5 rings (SSSR count). The van der Waals surface area contributed by atoms with E-state index in [4.69, 9.17) is 39.1 Å². The van der Waals surface area contributed by atoms with Crippen molar-refractivity contribution in [3.05, 3.63) is 83.8 Å². The first kappa shape index (κ1) is 40.9. The molecule has 0 aliphatic carbocycles. The summed E-state index contributed by atoms with van der Waals surface area (Å²) >= 11 is 0. The number of amides is 2. The monoisotopic (exact) mass is 766 g/mol. The van der Waals surface area contributed by atoms with Crippen LogP contribution in [0.4, 0.5) is 26.9 Å². The van der Waals surface area contributed by atoms with Crippen LogP contribution < -0.4 is 34.5 Å². The summed E-state index contributed by atoms with van der Waals surface area (Å²) in [5.41, 5.74) is 7.90. The summed E-state index contributed by atoms with van der Waals surface area (Å²) in [6.45, 7) is 12.8. The number of nitrogens with zero attached hydrogens (tertiary/aromatic N) is 5. The molecule has 0 spiro atoms. The molecule has 3 heterocycles. The van der Waals surface area contributed by atoms with Crippen LogP contribution in [-0.2, 0) is 22.6 Å². The van der Waals surface area contributed by atoms with Crippen LogP contribution in [0.15, 0.2) is 67.1 Å². The van der Waals surface area contributed by atoms with E-state index in [9.17, 15) is 9.59 Å². The van der Waals surface area contributed by atoms with Crippen molar-refractivity contribution < 1.29 is 38.0 Å². The lowest BCUT2D eigenvalue weighted by molar-refractivity contribution is 0.0430. The molecule has 56 heavy (non-hydrogen) atoms. The van der Waals surface area contributed by atoms with E-state index in [0.29, 0.717) is 69.9 Å². The third kappa shape index (κ3) is 9.49. The standard InChI is InChI=1S/C42H50N6O8/c1-25-31(20-44-22-34(25)48(39(49)55-41(2,3)4)40(50)56-42(5,6)7)33-16-28-17-37(43)45-21-32(28)38(46-33)47(23-26-12-14-29(51-8)18-35(26)53-10)24-27-13-15-30(52-9)19-36(27)54-11/h12-22H,23-24H2,1-11H3,(H2,43,45). The Morgan fingerprint density at radius 2 is 1.25 bits per heavy atom. The van der Waals surface area contributed by atoms with Crippen LogP contribution in [0.3, 0.4) is 0 Å². The van der Waals surface area contributed by atoms with Gasteiger partial charge < -0.3 is 39.1 Å². The first-order valence-corrected chi connectivity index (χ1v) is 17.9. The summed E-state index contributed by atoms with van der Waals surface area (Å²) in [4.78, 5) is 44.5. The Hall–Kier alpha value is -6.31. The van der Waals surface area contributed by atoms with Gasteiger partial charge in [-0.25, -0.2) is 19.6 Å². The molecule has 2 N–H and O–H groups in total. The number of rotatable bonds is 11. The molecule has 0 radical (unpaired) electrons. The minimum absolute atomic E-state index is 0.173. The number of hydrogen-bond acceptors (Lipinski definition) is 13. The van der Waals surface area contributed by atoms with E-state index < -0.39 is 23.4 Å². The van der Waals surface area contributed by atoms with Gasteiger partial charge in [-0.3, -0.25) is 4.98 Å². The number of imide groups is 1. The van der Waals surface area contributed by atoms with Gasteiger partial charge in [-0.05, 0) is 95.8 Å². The number of nitrogen functional groups attached to an aromatic ring is 1. The highest BCUT2D eigenvalue weighted by Crippen LogP contribution is 2.38. The van der Waals surface area contributed by atoms with E-state index in [-0.39, 0.29) is 5.69 Å². The van der Waals surface area contributed by atoms with Gasteiger partial charge in [0, 0.05) is 59.7 Å². The normalized spacial score (nSPS) is 11.5. The van der Waals surface area contributed by atoms with Crippen molar-refractivity contribution in [1.82, 2.24) is 15.0 Å². The van der Waals surface area contributed by atoms with E-state index in [1.807, 2.05) is 42.5 Å². The predicted molar refractivity (Wildman–Crippen MR) is 216 cm³/mol. The quantitative estimate of drug-likeness (QED) is 0.136. The Bertz CT molecular complexity index is 2150. The van der Waals surface area contributed by atoms with Crippen LogP contribution in [0.5, 0.6) is 23.0 Å². The van der Waals surface area contributed by atoms with Gasteiger partial charge in [0.05, 0.1) is 46.0 Å². The third-order valence-corrected chi connectivity index (χ3v) is 8.58. The van der Waals surface area contributed by atoms with Crippen LogP contribution in [0.25, 0.3) is 22.0 Å². The van der Waals surface area contributed by atoms with Crippen molar-refractivity contribution in [2.24, 2.45) is 0 Å². The second kappa shape index (κ2) is 16.6. The number of carbonyl (C=O) groups excluding carboxylic acids is 2. The van der Waals surface area contributed by atoms with Crippen LogP contribution >= 0.6 is 0 Å². The predicted octanol–water partition coefficient (Wildman–Crippen LogP) is 8.50. The lowest BCUT2D eigenvalue weighted by atomic mass is 10.0. The summed E-state index contributed by atoms with van der Waals surface area (Å²) in [6, 6.07) is 14.9. The molecule has 5 aromatic rings. The molecule has 2 aromatic carbocycles. The van der Waals surface area contributed by atoms with Crippen LogP contribution in [0, 0.1) is 6.92 Å². The molecule has 0 saturated heterocycles. The Balaban J connectivity index is 1.74. The zero-order chi connectivity index (χ0) is 40.9. The van der Waals surface area contributed by atoms with Gasteiger partial charge in [0.25, 0.3) is 0 Å². The number of nitrogens with two attached hydrogens (primary N) is 1. The topological polar surface area (TPSA) is 161 Å². The molecule has 0 atom stereocenters. The number of methoxy groups -OCH3 is 4. The Labute approximate surface area is 327 Å².